The van der Waals surface area contributed by atoms with Gasteiger partial charge in [-0.3, -0.25) is 42.7 Å². The summed E-state index contributed by atoms with van der Waals surface area (Å²) in [4.78, 5) is 113. The number of aliphatic hydroxyl groups excluding tert-OH is 2. The minimum Gasteiger partial charge on any atom is -0.462 e. The number of esters is 2. The van der Waals surface area contributed by atoms with Crippen molar-refractivity contribution in [3.63, 3.8) is 0 Å². The normalized spacial score (nSPS) is 21.3. The Labute approximate surface area is 437 Å². The number of nitrogen functional groups attached to an aromatic ring is 1. The predicted molar refractivity (Wildman–Crippen MR) is 256 cm³/mol. The number of ketones is 2. The number of nitrogens with one attached hydrogen (secondary N) is 3. The Kier molecular flexibility index (Phi) is 25.3. The van der Waals surface area contributed by atoms with E-state index in [-0.39, 0.29) is 45.0 Å². The fraction of sp³-hybridized carbons (Fsp3) is 0.659. The number of carbonyl (C=O) groups excluding carboxylic acids is 7. The third-order valence-corrected chi connectivity index (χ3v) is 12.8. The van der Waals surface area contributed by atoms with Crippen molar-refractivity contribution in [1.82, 2.24) is 29.7 Å². The van der Waals surface area contributed by atoms with Gasteiger partial charge in [0.05, 0.1) is 35.1 Å². The summed E-state index contributed by atoms with van der Waals surface area (Å²) in [5.41, 5.74) is 2.73. The lowest BCUT2D eigenvalue weighted by Gasteiger charge is -2.21. The van der Waals surface area contributed by atoms with Crippen LogP contribution in [0.25, 0.3) is 0 Å². The van der Waals surface area contributed by atoms with Crippen molar-refractivity contribution in [2.45, 2.75) is 146 Å². The van der Waals surface area contributed by atoms with Gasteiger partial charge < -0.3 is 50.8 Å². The molecule has 426 valence electrons. The van der Waals surface area contributed by atoms with E-state index in [1.54, 1.807) is 0 Å². The molecule has 2 fully saturated rings. The Hall–Kier alpha value is -5.70. The first-order valence-electron chi connectivity index (χ1n) is 23.4. The van der Waals surface area contributed by atoms with E-state index in [1.165, 1.54) is 19.2 Å². The van der Waals surface area contributed by atoms with E-state index in [2.05, 4.69) is 20.6 Å². The number of nitrogens with two attached hydrogens (primary N) is 1. The Morgan fingerprint density at radius 3 is 1.49 bits per heavy atom. The highest BCUT2D eigenvalue weighted by molar-refractivity contribution is 8.00. The number of unbranched alkanes of at least 4 members (excludes halogenated alkanes) is 4. The number of aliphatic hydroxyl groups is 2. The molecule has 0 spiro atoms. The molecule has 8 atom stereocenters. The molecule has 7 N–H and O–H groups in total. The predicted octanol–water partition coefficient (Wildman–Crippen LogP) is 2.22. The lowest BCUT2D eigenvalue weighted by molar-refractivity contribution is -0.167. The average Bonchev–Trinajstić information content (AvgIpc) is 3.69. The van der Waals surface area contributed by atoms with Crippen LogP contribution in [0, 0.1) is 0 Å². The molecule has 2 aromatic rings. The third kappa shape index (κ3) is 19.4. The van der Waals surface area contributed by atoms with Gasteiger partial charge in [0, 0.05) is 12.4 Å². The molecule has 0 saturated carbocycles. The minimum atomic E-state index is -5.29. The lowest BCUT2D eigenvalue weighted by Crippen LogP contribution is -2.42. The molecule has 0 radical (unpaired) electrons. The lowest BCUT2D eigenvalue weighted by atomic mass is 10.1. The number of Topliss-reactive ketones (excluding diaryl/α,β-unsaturated/α-hetero) is 2. The molecule has 3 amide bonds. The Bertz CT molecular complexity index is 2460. The van der Waals surface area contributed by atoms with Gasteiger partial charge in [0.2, 0.25) is 24.3 Å². The fourth-order valence-corrected chi connectivity index (χ4v) is 8.22. The van der Waals surface area contributed by atoms with Gasteiger partial charge in [0.15, 0.2) is 23.8 Å². The molecule has 0 aliphatic carbocycles. The Morgan fingerprint density at radius 2 is 1.12 bits per heavy atom. The van der Waals surface area contributed by atoms with E-state index in [1.807, 2.05) is 13.8 Å². The summed E-state index contributed by atoms with van der Waals surface area (Å²) in [5.74, 6) is -15.4. The molecule has 2 unspecified atom stereocenters. The Morgan fingerprint density at radius 1 is 0.711 bits per heavy atom. The van der Waals surface area contributed by atoms with Gasteiger partial charge >= 0.3 is 47.2 Å². The van der Waals surface area contributed by atoms with E-state index >= 15 is 0 Å². The number of thioether (sulfide) groups is 2. The quantitative estimate of drug-likeness (QED) is 0.0424. The molecule has 0 bridgehead atoms. The van der Waals surface area contributed by atoms with Crippen LogP contribution in [-0.4, -0.2) is 161 Å². The highest BCUT2D eigenvalue weighted by Gasteiger charge is 2.61. The molecule has 4 rings (SSSR count). The molecule has 2 aliphatic rings. The third-order valence-electron chi connectivity index (χ3n) is 11.0. The van der Waals surface area contributed by atoms with E-state index in [0.29, 0.717) is 29.7 Å². The maximum Gasteiger partial charge on any atom is 0.471 e. The molecule has 2 aromatic heterocycles. The zero-order valence-corrected chi connectivity index (χ0v) is 43.0. The number of halogens is 7. The average molecular weight is 1140 g/mol. The van der Waals surface area contributed by atoms with Crippen LogP contribution in [0.15, 0.2) is 34.1 Å². The smallest absolute Gasteiger partial charge is 0.462 e. The minimum absolute atomic E-state index is 0.109. The van der Waals surface area contributed by atoms with E-state index in [9.17, 15) is 84.1 Å². The number of aromatic nitrogens is 4. The summed E-state index contributed by atoms with van der Waals surface area (Å²) >= 11 is 1.76. The van der Waals surface area contributed by atoms with Crippen LogP contribution in [0.3, 0.4) is 0 Å². The largest absolute Gasteiger partial charge is 0.471 e. The van der Waals surface area contributed by atoms with Crippen LogP contribution < -0.4 is 33.1 Å². The van der Waals surface area contributed by atoms with Gasteiger partial charge in [-0.25, -0.2) is 9.59 Å². The second kappa shape index (κ2) is 29.7. The topological polar surface area (TPSA) is 329 Å². The van der Waals surface area contributed by atoms with Gasteiger partial charge in [0.25, 0.3) is 0 Å². The van der Waals surface area contributed by atoms with Crippen molar-refractivity contribution in [3.8, 4) is 0 Å². The highest BCUT2D eigenvalue weighted by atomic mass is 32.2. The van der Waals surface area contributed by atoms with Gasteiger partial charge in [-0.2, -0.15) is 40.7 Å². The summed E-state index contributed by atoms with van der Waals surface area (Å²) in [5, 5.41) is 26.5. The molecule has 4 heterocycles. The number of anilines is 2. The van der Waals surface area contributed by atoms with Crippen LogP contribution in [0.5, 0.6) is 0 Å². The summed E-state index contributed by atoms with van der Waals surface area (Å²) in [7, 11) is 0. The van der Waals surface area contributed by atoms with Gasteiger partial charge in [-0.1, -0.05) is 52.4 Å². The zero-order valence-electron chi connectivity index (χ0n) is 41.4. The van der Waals surface area contributed by atoms with Crippen LogP contribution in [-0.2, 0) is 52.5 Å². The molecule has 0 aromatic carbocycles. The molecular formula is C44H59F7N8O15S2. The van der Waals surface area contributed by atoms with Crippen molar-refractivity contribution < 1.29 is 93.5 Å². The van der Waals surface area contributed by atoms with Crippen molar-refractivity contribution >= 4 is 76.4 Å². The number of hydrogen-bond donors (Lipinski definition) is 6. The van der Waals surface area contributed by atoms with Crippen LogP contribution in [0.4, 0.5) is 42.4 Å². The van der Waals surface area contributed by atoms with Crippen LogP contribution >= 0.6 is 23.5 Å². The van der Waals surface area contributed by atoms with Gasteiger partial charge in [-0.15, -0.1) is 23.5 Å². The number of carbonyl (C=O) groups is 7. The van der Waals surface area contributed by atoms with Gasteiger partial charge in [0.1, 0.15) is 37.1 Å². The second-order valence-electron chi connectivity index (χ2n) is 17.1. The van der Waals surface area contributed by atoms with Crippen molar-refractivity contribution in [3.05, 3.63) is 45.5 Å². The Balaban J connectivity index is 0.000000405. The number of alkyl halides is 7. The number of amides is 3. The number of nitrogens with zero attached hydrogens (tertiary/aromatic N) is 4. The number of ether oxygens (including phenoxy) is 4. The maximum atomic E-state index is 14.7. The summed E-state index contributed by atoms with van der Waals surface area (Å²) in [6.07, 6.45) is -10.3. The number of hydrogen-bond acceptors (Lipinski definition) is 20. The molecule has 32 heteroatoms. The molecule has 23 nitrogen and oxygen atoms in total. The molecule has 76 heavy (non-hydrogen) atoms. The molecular weight excluding hydrogens is 1080 g/mol. The maximum absolute atomic E-state index is 14.7. The van der Waals surface area contributed by atoms with Crippen LogP contribution in [0.2, 0.25) is 0 Å². The van der Waals surface area contributed by atoms with E-state index in [4.69, 9.17) is 24.7 Å². The monoisotopic (exact) mass is 1140 g/mol. The van der Waals surface area contributed by atoms with Crippen molar-refractivity contribution in [2.24, 2.45) is 0 Å². The summed E-state index contributed by atoms with van der Waals surface area (Å²) < 4.78 is 116. The number of rotatable bonds is 27. The molecule has 2 aliphatic heterocycles. The standard InChI is InChI=1S/C23H29F5N4O8S.C21H30F2N4O7S/c1-3-4-5-6-13(12(2)33)29-16(34)10-41-11-17(35)39-9-14-18(36)22(24,25)20(40-14)32-8-7-15(31-21(32)38)30-19(37)23(26,27)28;1-3-4-5-6-13(12(2)28)25-16(29)10-35-11-17(30)33-9-14-18(31)21(22,23)19(34-14)27-8-7-15(24)26-20(27)32/h7-8,13-14,18,20,36H,3-6,9-11H2,1-2H3,(H,29,34)(H,30,31,37,38);7-8,13-14,18-19,31H,3-6,9-11H2,1-2H3,(H,25,29)(H2,24,26,32)/t13?,14-,18+,20-;13?,14-,18+,19-/m11/s1. The first-order chi connectivity index (χ1) is 35.5. The van der Waals surface area contributed by atoms with Gasteiger partial charge in [-0.05, 0) is 38.8 Å². The van der Waals surface area contributed by atoms with Crippen molar-refractivity contribution in [1.29, 1.82) is 0 Å². The van der Waals surface area contributed by atoms with Crippen molar-refractivity contribution in [2.75, 3.05) is 47.3 Å². The fourth-order valence-electron chi connectivity index (χ4n) is 6.98. The first kappa shape index (κ1) is 64.6. The second-order valence-corrected chi connectivity index (χ2v) is 19.1. The molecule has 2 saturated heterocycles. The van der Waals surface area contributed by atoms with E-state index in [0.717, 1.165) is 74.3 Å². The van der Waals surface area contributed by atoms with Crippen LogP contribution in [0.1, 0.15) is 91.5 Å². The summed E-state index contributed by atoms with van der Waals surface area (Å²) in [6.45, 7) is 5.22. The zero-order chi connectivity index (χ0) is 57.1. The highest BCUT2D eigenvalue weighted by Crippen LogP contribution is 2.43. The first-order valence-corrected chi connectivity index (χ1v) is 25.7. The SMILES string of the molecule is CCCCCC(NC(=O)CSCC(=O)OC[C@H]1O[C@@H](n2ccc(N)nc2=O)C(F)(F)[C@H]1O)C(C)=O.CCCCCC(NC(=O)CSCC(=O)OC[C@H]1O[C@@H](n2ccc(NC(=O)C(F)(F)F)nc2=O)C(F)(F)[C@H]1O)C(C)=O. The summed E-state index contributed by atoms with van der Waals surface area (Å²) in [6, 6.07) is 0.537. The van der Waals surface area contributed by atoms with E-state index < -0.39 is 127 Å².